The zero-order valence-electron chi connectivity index (χ0n) is 9.06. The number of sulfonamides is 1. The van der Waals surface area contributed by atoms with Crippen LogP contribution in [0.15, 0.2) is 0 Å². The molecule has 0 saturated carbocycles. The van der Waals surface area contributed by atoms with Crippen LogP contribution in [-0.2, 0) is 14.8 Å². The molecule has 0 aliphatic carbocycles. The van der Waals surface area contributed by atoms with Gasteiger partial charge in [0, 0.05) is 19.1 Å². The Morgan fingerprint density at radius 1 is 1.50 bits per heavy atom. The maximum absolute atomic E-state index is 11.2. The van der Waals surface area contributed by atoms with E-state index in [0.717, 1.165) is 13.1 Å². The number of hydrogen-bond donors (Lipinski definition) is 1. The summed E-state index contributed by atoms with van der Waals surface area (Å²) in [5.41, 5.74) is 0. The molecule has 0 aromatic rings. The fourth-order valence-corrected chi connectivity index (χ4v) is 3.02. The van der Waals surface area contributed by atoms with E-state index in [4.69, 9.17) is 16.3 Å². The Hall–Kier alpha value is 0.120. The van der Waals surface area contributed by atoms with E-state index in [-0.39, 0.29) is 6.10 Å². The second kappa shape index (κ2) is 5.18. The van der Waals surface area contributed by atoms with Gasteiger partial charge in [-0.1, -0.05) is 0 Å². The van der Waals surface area contributed by atoms with Gasteiger partial charge in [-0.15, -0.1) is 11.6 Å². The maximum atomic E-state index is 11.2. The summed E-state index contributed by atoms with van der Waals surface area (Å²) >= 11 is 5.30. The Labute approximate surface area is 101 Å². The normalized spacial score (nSPS) is 31.6. The van der Waals surface area contributed by atoms with E-state index in [1.807, 2.05) is 0 Å². The van der Waals surface area contributed by atoms with Gasteiger partial charge in [0.2, 0.25) is 10.0 Å². The first-order valence-corrected chi connectivity index (χ1v) is 7.68. The minimum atomic E-state index is -3.32. The van der Waals surface area contributed by atoms with Gasteiger partial charge in [0.15, 0.2) is 0 Å². The first-order chi connectivity index (χ1) is 7.61. The highest BCUT2D eigenvalue weighted by Gasteiger charge is 2.32. The van der Waals surface area contributed by atoms with Crippen molar-refractivity contribution < 1.29 is 13.2 Å². The number of nitrogens with zero attached hydrogens (tertiary/aromatic N) is 1. The molecule has 2 atom stereocenters. The molecule has 94 valence electrons. The van der Waals surface area contributed by atoms with Gasteiger partial charge in [0.05, 0.1) is 12.7 Å². The van der Waals surface area contributed by atoms with Crippen LogP contribution in [0.5, 0.6) is 0 Å². The minimum Gasteiger partial charge on any atom is -0.374 e. The van der Waals surface area contributed by atoms with Gasteiger partial charge < -0.3 is 4.74 Å². The van der Waals surface area contributed by atoms with Crippen molar-refractivity contribution in [3.8, 4) is 0 Å². The number of ether oxygens (including phenoxy) is 1. The number of rotatable bonds is 4. The van der Waals surface area contributed by atoms with Crippen LogP contribution in [0.3, 0.4) is 0 Å². The smallest absolute Gasteiger partial charge is 0.225 e. The van der Waals surface area contributed by atoms with E-state index in [1.54, 1.807) is 0 Å². The number of fused-ring (bicyclic) bond motifs is 1. The Morgan fingerprint density at radius 2 is 2.31 bits per heavy atom. The van der Waals surface area contributed by atoms with Crippen LogP contribution in [0, 0.1) is 0 Å². The molecule has 2 fully saturated rings. The van der Waals surface area contributed by atoms with Crippen molar-refractivity contribution in [1.82, 2.24) is 9.62 Å². The monoisotopic (exact) mass is 268 g/mol. The summed E-state index contributed by atoms with van der Waals surface area (Å²) in [7, 11) is -3.32. The Kier molecular flexibility index (Phi) is 4.07. The van der Waals surface area contributed by atoms with Gasteiger partial charge in [0.25, 0.3) is 0 Å². The number of halogens is 1. The molecule has 0 spiro atoms. The standard InChI is InChI=1S/C9H17ClN2O3S/c10-7-16(13,14)11-4-9-5-12-3-1-2-8(12)6-15-9/h8-9,11H,1-7H2. The molecular weight excluding hydrogens is 252 g/mol. The molecule has 0 amide bonds. The fourth-order valence-electron chi connectivity index (χ4n) is 2.27. The Morgan fingerprint density at radius 3 is 3.06 bits per heavy atom. The van der Waals surface area contributed by atoms with Gasteiger partial charge in [-0.05, 0) is 19.4 Å². The van der Waals surface area contributed by atoms with E-state index >= 15 is 0 Å². The van der Waals surface area contributed by atoms with Gasteiger partial charge >= 0.3 is 0 Å². The van der Waals surface area contributed by atoms with Gasteiger partial charge in [-0.3, -0.25) is 4.90 Å². The summed E-state index contributed by atoms with van der Waals surface area (Å²) < 4.78 is 30.4. The lowest BCUT2D eigenvalue weighted by molar-refractivity contribution is -0.0448. The summed E-state index contributed by atoms with van der Waals surface area (Å²) in [6.45, 7) is 2.95. The number of alkyl halides is 1. The van der Waals surface area contributed by atoms with Crippen LogP contribution in [0.1, 0.15) is 12.8 Å². The molecule has 2 rings (SSSR count). The van der Waals surface area contributed by atoms with Crippen molar-refractivity contribution in [1.29, 1.82) is 0 Å². The van der Waals surface area contributed by atoms with Crippen LogP contribution >= 0.6 is 11.6 Å². The summed E-state index contributed by atoms with van der Waals surface area (Å²) in [4.78, 5) is 2.38. The lowest BCUT2D eigenvalue weighted by Crippen LogP contribution is -2.50. The molecule has 0 aromatic heterocycles. The highest BCUT2D eigenvalue weighted by molar-refractivity contribution is 7.90. The van der Waals surface area contributed by atoms with Crippen molar-refractivity contribution in [3.63, 3.8) is 0 Å². The first kappa shape index (κ1) is 12.6. The van der Waals surface area contributed by atoms with Gasteiger partial charge in [0.1, 0.15) is 5.21 Å². The molecule has 2 saturated heterocycles. The van der Waals surface area contributed by atoms with E-state index in [2.05, 4.69) is 9.62 Å². The lowest BCUT2D eigenvalue weighted by atomic mass is 10.2. The average Bonchev–Trinajstić information content (AvgIpc) is 2.73. The second-order valence-corrected chi connectivity index (χ2v) is 6.71. The van der Waals surface area contributed by atoms with Gasteiger partial charge in [-0.2, -0.15) is 0 Å². The van der Waals surface area contributed by atoms with Crippen LogP contribution in [0.2, 0.25) is 0 Å². The predicted molar refractivity (Wildman–Crippen MR) is 62.0 cm³/mol. The molecule has 1 N–H and O–H groups in total. The molecule has 5 nitrogen and oxygen atoms in total. The molecule has 2 unspecified atom stereocenters. The maximum Gasteiger partial charge on any atom is 0.225 e. The summed E-state index contributed by atoms with van der Waals surface area (Å²) in [5, 5.41) is -0.397. The third-order valence-corrected chi connectivity index (χ3v) is 4.89. The van der Waals surface area contributed by atoms with Gasteiger partial charge in [-0.25, -0.2) is 13.1 Å². The Balaban J connectivity index is 1.79. The van der Waals surface area contributed by atoms with E-state index in [0.29, 0.717) is 19.2 Å². The topological polar surface area (TPSA) is 58.6 Å². The minimum absolute atomic E-state index is 0.0488. The van der Waals surface area contributed by atoms with Crippen molar-refractivity contribution in [3.05, 3.63) is 0 Å². The summed E-state index contributed by atoms with van der Waals surface area (Å²) in [6.07, 6.45) is 2.36. The van der Waals surface area contributed by atoms with Crippen molar-refractivity contribution in [2.45, 2.75) is 25.0 Å². The second-order valence-electron chi connectivity index (χ2n) is 4.32. The molecule has 2 heterocycles. The van der Waals surface area contributed by atoms with Crippen molar-refractivity contribution in [2.24, 2.45) is 0 Å². The number of morpholine rings is 1. The fraction of sp³-hybridized carbons (Fsp3) is 1.00. The third kappa shape index (κ3) is 3.07. The molecule has 2 aliphatic heterocycles. The summed E-state index contributed by atoms with van der Waals surface area (Å²) in [6, 6.07) is 0.542. The van der Waals surface area contributed by atoms with E-state index in [9.17, 15) is 8.42 Å². The predicted octanol–water partition coefficient (Wildman–Crippen LogP) is -0.0347. The number of hydrogen-bond acceptors (Lipinski definition) is 4. The molecular formula is C9H17ClN2O3S. The van der Waals surface area contributed by atoms with Crippen LogP contribution < -0.4 is 4.72 Å². The van der Waals surface area contributed by atoms with E-state index < -0.39 is 15.2 Å². The van der Waals surface area contributed by atoms with Crippen LogP contribution in [0.25, 0.3) is 0 Å². The molecule has 7 heteroatoms. The van der Waals surface area contributed by atoms with Crippen molar-refractivity contribution >= 4 is 21.6 Å². The third-order valence-electron chi connectivity index (χ3n) is 3.14. The SMILES string of the molecule is O=S(=O)(CCl)NCC1CN2CCCC2CO1. The lowest BCUT2D eigenvalue weighted by Gasteiger charge is -2.35. The molecule has 0 radical (unpaired) electrons. The summed E-state index contributed by atoms with van der Waals surface area (Å²) in [5.74, 6) is 0. The molecule has 2 aliphatic rings. The largest absolute Gasteiger partial charge is 0.374 e. The zero-order chi connectivity index (χ0) is 11.6. The van der Waals surface area contributed by atoms with Crippen molar-refractivity contribution in [2.75, 3.05) is 31.5 Å². The highest BCUT2D eigenvalue weighted by Crippen LogP contribution is 2.22. The zero-order valence-corrected chi connectivity index (χ0v) is 10.6. The van der Waals surface area contributed by atoms with Crippen LogP contribution in [-0.4, -0.2) is 56.9 Å². The molecule has 16 heavy (non-hydrogen) atoms. The van der Waals surface area contributed by atoms with Crippen LogP contribution in [0.4, 0.5) is 0 Å². The Bertz CT molecular complexity index is 336. The first-order valence-electron chi connectivity index (χ1n) is 5.49. The highest BCUT2D eigenvalue weighted by atomic mass is 35.5. The number of nitrogens with one attached hydrogen (secondary N) is 1. The molecule has 0 aromatic carbocycles. The quantitative estimate of drug-likeness (QED) is 0.728. The molecule has 0 bridgehead atoms. The average molecular weight is 269 g/mol. The van der Waals surface area contributed by atoms with E-state index in [1.165, 1.54) is 12.8 Å².